The molecule has 0 saturated carbocycles. The maximum Gasteiger partial charge on any atom is 0.269 e. The van der Waals surface area contributed by atoms with E-state index in [1.54, 1.807) is 0 Å². The Balaban J connectivity index is 2.03. The Morgan fingerprint density at radius 2 is 1.77 bits per heavy atom. The Morgan fingerprint density at radius 1 is 1.09 bits per heavy atom. The van der Waals surface area contributed by atoms with Crippen LogP contribution in [0.5, 0.6) is 0 Å². The number of sulfonamides is 1. The summed E-state index contributed by atoms with van der Waals surface area (Å²) in [6.45, 7) is 0.0253. The molecule has 0 heterocycles. The van der Waals surface area contributed by atoms with Crippen molar-refractivity contribution in [1.82, 2.24) is 4.72 Å². The van der Waals surface area contributed by atoms with E-state index in [0.29, 0.717) is 11.1 Å². The molecule has 0 bridgehead atoms. The molecule has 2 rings (SSSR count). The highest BCUT2D eigenvalue weighted by Gasteiger charge is 2.14. The number of hydrogen-bond acceptors (Lipinski definition) is 4. The lowest BCUT2D eigenvalue weighted by Gasteiger charge is -2.07. The molecule has 1 N–H and O–H groups in total. The summed E-state index contributed by atoms with van der Waals surface area (Å²) >= 11 is 0. The normalized spacial score (nSPS) is 11.3. The van der Waals surface area contributed by atoms with Gasteiger partial charge in [0.15, 0.2) is 0 Å². The van der Waals surface area contributed by atoms with Gasteiger partial charge in [0.05, 0.1) is 10.7 Å². The second-order valence-corrected chi connectivity index (χ2v) is 6.44. The van der Waals surface area contributed by atoms with Crippen LogP contribution in [-0.2, 0) is 22.3 Å². The minimum absolute atomic E-state index is 0.0253. The van der Waals surface area contributed by atoms with E-state index >= 15 is 0 Å². The van der Waals surface area contributed by atoms with Crippen molar-refractivity contribution in [1.29, 1.82) is 0 Å². The number of benzene rings is 2. The van der Waals surface area contributed by atoms with Crippen LogP contribution in [0, 0.1) is 15.9 Å². The van der Waals surface area contributed by atoms with Gasteiger partial charge in [0.1, 0.15) is 5.82 Å². The molecule has 2 aromatic rings. The molecule has 6 nitrogen and oxygen atoms in total. The van der Waals surface area contributed by atoms with Gasteiger partial charge in [-0.2, -0.15) is 0 Å². The highest BCUT2D eigenvalue weighted by molar-refractivity contribution is 7.88. The van der Waals surface area contributed by atoms with Crippen LogP contribution in [0.3, 0.4) is 0 Å². The average molecular weight is 324 g/mol. The van der Waals surface area contributed by atoms with Crippen LogP contribution in [0.4, 0.5) is 10.1 Å². The molecule has 22 heavy (non-hydrogen) atoms. The van der Waals surface area contributed by atoms with Gasteiger partial charge in [-0.15, -0.1) is 0 Å². The summed E-state index contributed by atoms with van der Waals surface area (Å²) in [5.41, 5.74) is 0.774. The van der Waals surface area contributed by atoms with E-state index in [-0.39, 0.29) is 18.0 Å². The van der Waals surface area contributed by atoms with Gasteiger partial charge in [-0.25, -0.2) is 17.5 Å². The molecule has 0 radical (unpaired) electrons. The van der Waals surface area contributed by atoms with Crippen molar-refractivity contribution in [3.63, 3.8) is 0 Å². The number of nitrogens with one attached hydrogen (secondary N) is 1. The van der Waals surface area contributed by atoms with E-state index in [0.717, 1.165) is 0 Å². The Morgan fingerprint density at radius 3 is 2.41 bits per heavy atom. The fourth-order valence-electron chi connectivity index (χ4n) is 1.83. The van der Waals surface area contributed by atoms with Gasteiger partial charge >= 0.3 is 0 Å². The second kappa shape index (κ2) is 6.63. The van der Waals surface area contributed by atoms with Gasteiger partial charge in [0.2, 0.25) is 10.0 Å². The maximum atomic E-state index is 12.8. The van der Waals surface area contributed by atoms with Gasteiger partial charge in [-0.3, -0.25) is 10.1 Å². The third kappa shape index (κ3) is 4.61. The molecular formula is C14H13FN2O4S. The molecule has 0 atom stereocenters. The van der Waals surface area contributed by atoms with Gasteiger partial charge in [0, 0.05) is 18.7 Å². The number of halogens is 1. The van der Waals surface area contributed by atoms with Crippen molar-refractivity contribution >= 4 is 15.7 Å². The molecule has 0 amide bonds. The highest BCUT2D eigenvalue weighted by atomic mass is 32.2. The summed E-state index contributed by atoms with van der Waals surface area (Å²) in [6.07, 6.45) is 0. The largest absolute Gasteiger partial charge is 0.269 e. The topological polar surface area (TPSA) is 89.3 Å². The lowest BCUT2D eigenvalue weighted by atomic mass is 10.2. The zero-order chi connectivity index (χ0) is 16.2. The van der Waals surface area contributed by atoms with Crippen LogP contribution in [0.2, 0.25) is 0 Å². The summed E-state index contributed by atoms with van der Waals surface area (Å²) in [4.78, 5) is 10.1. The monoisotopic (exact) mass is 324 g/mol. The smallest absolute Gasteiger partial charge is 0.258 e. The quantitative estimate of drug-likeness (QED) is 0.652. The number of nitro benzene ring substituents is 1. The first-order valence-electron chi connectivity index (χ1n) is 6.31. The van der Waals surface area contributed by atoms with E-state index < -0.39 is 20.8 Å². The van der Waals surface area contributed by atoms with Crippen molar-refractivity contribution in [2.24, 2.45) is 0 Å². The number of hydrogen-bond donors (Lipinski definition) is 1. The predicted molar refractivity (Wildman–Crippen MR) is 79.0 cm³/mol. The molecule has 0 fully saturated rings. The molecule has 0 aliphatic rings. The second-order valence-electron chi connectivity index (χ2n) is 4.63. The van der Waals surface area contributed by atoms with E-state index in [1.165, 1.54) is 48.5 Å². The summed E-state index contributed by atoms with van der Waals surface area (Å²) in [6, 6.07) is 10.9. The summed E-state index contributed by atoms with van der Waals surface area (Å²) in [5.74, 6) is -0.765. The van der Waals surface area contributed by atoms with Crippen molar-refractivity contribution in [2.75, 3.05) is 0 Å². The molecular weight excluding hydrogens is 311 g/mol. The molecule has 0 unspecified atom stereocenters. The Kier molecular flexibility index (Phi) is 4.84. The average Bonchev–Trinajstić information content (AvgIpc) is 2.46. The molecule has 0 aliphatic carbocycles. The molecule has 2 aromatic carbocycles. The van der Waals surface area contributed by atoms with Gasteiger partial charge in [-0.05, 0) is 23.3 Å². The van der Waals surface area contributed by atoms with Gasteiger partial charge in [0.25, 0.3) is 5.69 Å². The minimum Gasteiger partial charge on any atom is -0.258 e. The number of nitro groups is 1. The van der Waals surface area contributed by atoms with Crippen LogP contribution in [-0.4, -0.2) is 13.3 Å². The third-order valence-corrected chi connectivity index (χ3v) is 4.19. The molecule has 8 heteroatoms. The molecule has 0 saturated heterocycles. The Labute approximate surface area is 126 Å². The van der Waals surface area contributed by atoms with Crippen molar-refractivity contribution in [2.45, 2.75) is 12.3 Å². The third-order valence-electron chi connectivity index (χ3n) is 2.89. The number of nitrogens with zero attached hydrogens (tertiary/aromatic N) is 1. The van der Waals surface area contributed by atoms with Crippen LogP contribution in [0.15, 0.2) is 48.5 Å². The zero-order valence-electron chi connectivity index (χ0n) is 11.4. The first kappa shape index (κ1) is 16.1. The zero-order valence-corrected chi connectivity index (χ0v) is 12.2. The number of rotatable bonds is 6. The van der Waals surface area contributed by atoms with E-state index in [9.17, 15) is 22.9 Å². The van der Waals surface area contributed by atoms with Crippen molar-refractivity contribution < 1.29 is 17.7 Å². The van der Waals surface area contributed by atoms with Crippen molar-refractivity contribution in [3.8, 4) is 0 Å². The predicted octanol–water partition coefficient (Wildman–Crippen LogP) is 2.35. The van der Waals surface area contributed by atoms with Crippen LogP contribution in [0.1, 0.15) is 11.1 Å². The van der Waals surface area contributed by atoms with E-state index in [4.69, 9.17) is 0 Å². The van der Waals surface area contributed by atoms with Crippen LogP contribution >= 0.6 is 0 Å². The first-order valence-corrected chi connectivity index (χ1v) is 7.96. The van der Waals surface area contributed by atoms with Gasteiger partial charge < -0.3 is 0 Å². The Bertz CT molecular complexity index is 776. The van der Waals surface area contributed by atoms with E-state index in [2.05, 4.69) is 4.72 Å². The summed E-state index contributed by atoms with van der Waals surface area (Å²) in [7, 11) is -3.65. The molecule has 0 aliphatic heterocycles. The van der Waals surface area contributed by atoms with Crippen LogP contribution in [0.25, 0.3) is 0 Å². The molecule has 0 spiro atoms. The fraction of sp³-hybridized carbons (Fsp3) is 0.143. The highest BCUT2D eigenvalue weighted by Crippen LogP contribution is 2.15. The van der Waals surface area contributed by atoms with Gasteiger partial charge in [-0.1, -0.05) is 24.3 Å². The lowest BCUT2D eigenvalue weighted by molar-refractivity contribution is -0.384. The van der Waals surface area contributed by atoms with Crippen LogP contribution < -0.4 is 4.72 Å². The Hall–Kier alpha value is -2.32. The SMILES string of the molecule is O=[N+]([O-])c1cccc(CS(=O)(=O)NCc2ccc(F)cc2)c1. The molecule has 0 aromatic heterocycles. The summed E-state index contributed by atoms with van der Waals surface area (Å²) < 4.78 is 39.1. The molecule has 116 valence electrons. The first-order chi connectivity index (χ1) is 10.4. The maximum absolute atomic E-state index is 12.8. The lowest BCUT2D eigenvalue weighted by Crippen LogP contribution is -2.24. The van der Waals surface area contributed by atoms with E-state index in [1.807, 2.05) is 0 Å². The summed E-state index contributed by atoms with van der Waals surface area (Å²) in [5, 5.41) is 10.7. The standard InChI is InChI=1S/C14H13FN2O4S/c15-13-6-4-11(5-7-13)9-16-22(20,21)10-12-2-1-3-14(8-12)17(18)19/h1-8,16H,9-10H2. The fourth-order valence-corrected chi connectivity index (χ4v) is 2.93. The van der Waals surface area contributed by atoms with Crippen molar-refractivity contribution in [3.05, 3.63) is 75.6 Å². The number of non-ortho nitro benzene ring substituents is 1. The minimum atomic E-state index is -3.65.